The van der Waals surface area contributed by atoms with Crippen LogP contribution in [0.3, 0.4) is 0 Å². The first-order valence-corrected chi connectivity index (χ1v) is 8.79. The highest BCUT2D eigenvalue weighted by atomic mass is 79.9. The molecule has 0 aliphatic carbocycles. The molecule has 1 N–H and O–H groups in total. The lowest BCUT2D eigenvalue weighted by molar-refractivity contribution is 0.122. The van der Waals surface area contributed by atoms with Crippen LogP contribution >= 0.6 is 15.9 Å². The second-order valence-corrected chi connectivity index (χ2v) is 6.37. The Morgan fingerprint density at radius 2 is 1.84 bits per heavy atom. The van der Waals surface area contributed by atoms with Gasteiger partial charge in [0.2, 0.25) is 0 Å². The van der Waals surface area contributed by atoms with Crippen LogP contribution in [-0.2, 0) is 11.3 Å². The quantitative estimate of drug-likeness (QED) is 0.787. The zero-order chi connectivity index (χ0) is 17.6. The molecule has 8 heteroatoms. The minimum Gasteiger partial charge on any atom is -0.493 e. The second-order valence-electron chi connectivity index (χ2n) is 5.51. The predicted molar refractivity (Wildman–Crippen MR) is 99.6 cm³/mol. The van der Waals surface area contributed by atoms with Gasteiger partial charge in [0.05, 0.1) is 27.4 Å². The van der Waals surface area contributed by atoms with Gasteiger partial charge in [-0.05, 0) is 17.7 Å². The number of halogens is 1. The van der Waals surface area contributed by atoms with Crippen molar-refractivity contribution < 1.29 is 14.2 Å². The Balaban J connectivity index is 1.71. The largest absolute Gasteiger partial charge is 0.493 e. The van der Waals surface area contributed by atoms with Crippen molar-refractivity contribution in [3.8, 4) is 11.5 Å². The lowest BCUT2D eigenvalue weighted by Crippen LogP contribution is -2.36. The summed E-state index contributed by atoms with van der Waals surface area (Å²) in [6.07, 6.45) is 1.58. The van der Waals surface area contributed by atoms with E-state index in [1.165, 1.54) is 0 Å². The van der Waals surface area contributed by atoms with Gasteiger partial charge in [0.15, 0.2) is 11.5 Å². The first-order chi connectivity index (χ1) is 12.2. The van der Waals surface area contributed by atoms with Crippen molar-refractivity contribution in [3.05, 3.63) is 34.6 Å². The summed E-state index contributed by atoms with van der Waals surface area (Å²) < 4.78 is 17.0. The molecule has 0 amide bonds. The molecule has 1 saturated heterocycles. The van der Waals surface area contributed by atoms with Gasteiger partial charge in [-0.1, -0.05) is 15.9 Å². The molecule has 1 aromatic carbocycles. The fourth-order valence-corrected chi connectivity index (χ4v) is 3.09. The maximum atomic E-state index is 5.38. The van der Waals surface area contributed by atoms with Crippen molar-refractivity contribution in [2.45, 2.75) is 6.54 Å². The van der Waals surface area contributed by atoms with Crippen LogP contribution < -0.4 is 19.7 Å². The van der Waals surface area contributed by atoms with E-state index in [9.17, 15) is 0 Å². The molecular weight excluding hydrogens is 388 g/mol. The van der Waals surface area contributed by atoms with E-state index in [1.807, 2.05) is 18.2 Å². The zero-order valence-electron chi connectivity index (χ0n) is 14.3. The van der Waals surface area contributed by atoms with Crippen LogP contribution in [0.5, 0.6) is 11.5 Å². The zero-order valence-corrected chi connectivity index (χ0v) is 15.9. The summed E-state index contributed by atoms with van der Waals surface area (Å²) in [7, 11) is 3.25. The monoisotopic (exact) mass is 408 g/mol. The van der Waals surface area contributed by atoms with E-state index < -0.39 is 0 Å². The SMILES string of the molecule is COc1cc(Br)c(CNc2cc(N3CCOCC3)ncn2)cc1OC. The number of benzene rings is 1. The van der Waals surface area contributed by atoms with E-state index in [0.717, 1.165) is 48.0 Å². The third-order valence-electron chi connectivity index (χ3n) is 4.00. The van der Waals surface area contributed by atoms with E-state index in [1.54, 1.807) is 20.5 Å². The molecule has 2 aromatic rings. The highest BCUT2D eigenvalue weighted by molar-refractivity contribution is 9.10. The van der Waals surface area contributed by atoms with Crippen LogP contribution in [-0.4, -0.2) is 50.5 Å². The maximum Gasteiger partial charge on any atom is 0.161 e. The summed E-state index contributed by atoms with van der Waals surface area (Å²) in [6, 6.07) is 5.80. The molecule has 134 valence electrons. The minimum atomic E-state index is 0.598. The van der Waals surface area contributed by atoms with E-state index in [2.05, 4.69) is 36.1 Å². The van der Waals surface area contributed by atoms with Crippen LogP contribution in [0.25, 0.3) is 0 Å². The lowest BCUT2D eigenvalue weighted by Gasteiger charge is -2.27. The smallest absolute Gasteiger partial charge is 0.161 e. The first kappa shape index (κ1) is 17.8. The summed E-state index contributed by atoms with van der Waals surface area (Å²) in [4.78, 5) is 10.9. The number of anilines is 2. The molecule has 0 spiro atoms. The number of hydrogen-bond acceptors (Lipinski definition) is 7. The predicted octanol–water partition coefficient (Wildman–Crippen LogP) is 2.71. The molecule has 1 aliphatic heterocycles. The number of morpholine rings is 1. The number of hydrogen-bond donors (Lipinski definition) is 1. The maximum absolute atomic E-state index is 5.38. The van der Waals surface area contributed by atoms with Gasteiger partial charge in [-0.3, -0.25) is 0 Å². The summed E-state index contributed by atoms with van der Waals surface area (Å²) in [5.41, 5.74) is 1.05. The molecule has 3 rings (SSSR count). The normalized spacial score (nSPS) is 14.3. The van der Waals surface area contributed by atoms with E-state index in [-0.39, 0.29) is 0 Å². The third-order valence-corrected chi connectivity index (χ3v) is 4.74. The molecule has 2 heterocycles. The summed E-state index contributed by atoms with van der Waals surface area (Å²) in [5.74, 6) is 3.07. The van der Waals surface area contributed by atoms with Gasteiger partial charge in [0.25, 0.3) is 0 Å². The Hall–Kier alpha value is -2.06. The molecule has 0 atom stereocenters. The van der Waals surface area contributed by atoms with Gasteiger partial charge in [0.1, 0.15) is 18.0 Å². The standard InChI is InChI=1S/C17H21BrN4O3/c1-23-14-7-12(13(18)8-15(14)24-2)10-19-16-9-17(21-11-20-16)22-3-5-25-6-4-22/h7-9,11H,3-6,10H2,1-2H3,(H,19,20,21). The number of methoxy groups -OCH3 is 2. The van der Waals surface area contributed by atoms with Crippen molar-refractivity contribution in [1.82, 2.24) is 9.97 Å². The molecule has 1 fully saturated rings. The van der Waals surface area contributed by atoms with Crippen molar-refractivity contribution >= 4 is 27.6 Å². The van der Waals surface area contributed by atoms with E-state index in [4.69, 9.17) is 14.2 Å². The summed E-state index contributed by atoms with van der Waals surface area (Å²) in [6.45, 7) is 3.74. The molecule has 0 unspecified atom stereocenters. The third kappa shape index (κ3) is 4.32. The molecule has 25 heavy (non-hydrogen) atoms. The Morgan fingerprint density at radius 1 is 1.12 bits per heavy atom. The van der Waals surface area contributed by atoms with Crippen molar-refractivity contribution in [2.24, 2.45) is 0 Å². The van der Waals surface area contributed by atoms with Gasteiger partial charge in [0, 0.05) is 30.2 Å². The Morgan fingerprint density at radius 3 is 2.56 bits per heavy atom. The minimum absolute atomic E-state index is 0.598. The second kappa shape index (κ2) is 8.35. The van der Waals surface area contributed by atoms with Crippen molar-refractivity contribution in [3.63, 3.8) is 0 Å². The van der Waals surface area contributed by atoms with Gasteiger partial charge in [-0.25, -0.2) is 9.97 Å². The average molecular weight is 409 g/mol. The van der Waals surface area contributed by atoms with Crippen LogP contribution in [0.4, 0.5) is 11.6 Å². The van der Waals surface area contributed by atoms with Gasteiger partial charge >= 0.3 is 0 Å². The number of rotatable bonds is 6. The molecule has 0 radical (unpaired) electrons. The van der Waals surface area contributed by atoms with Crippen LogP contribution in [0.1, 0.15) is 5.56 Å². The molecular formula is C17H21BrN4O3. The molecule has 0 saturated carbocycles. The molecule has 0 bridgehead atoms. The highest BCUT2D eigenvalue weighted by Gasteiger charge is 2.14. The first-order valence-electron chi connectivity index (χ1n) is 8.00. The van der Waals surface area contributed by atoms with Gasteiger partial charge < -0.3 is 24.4 Å². The highest BCUT2D eigenvalue weighted by Crippen LogP contribution is 2.33. The van der Waals surface area contributed by atoms with Gasteiger partial charge in [-0.15, -0.1) is 0 Å². The number of nitrogens with zero attached hydrogens (tertiary/aromatic N) is 3. The number of nitrogens with one attached hydrogen (secondary N) is 1. The molecule has 7 nitrogen and oxygen atoms in total. The average Bonchev–Trinajstić information content (AvgIpc) is 2.67. The molecule has 1 aliphatic rings. The summed E-state index contributed by atoms with van der Waals surface area (Å²) in [5, 5.41) is 3.33. The van der Waals surface area contributed by atoms with Crippen LogP contribution in [0, 0.1) is 0 Å². The van der Waals surface area contributed by atoms with Gasteiger partial charge in [-0.2, -0.15) is 0 Å². The van der Waals surface area contributed by atoms with Crippen LogP contribution in [0.15, 0.2) is 29.0 Å². The fraction of sp³-hybridized carbons (Fsp3) is 0.412. The lowest BCUT2D eigenvalue weighted by atomic mass is 10.2. The van der Waals surface area contributed by atoms with E-state index in [0.29, 0.717) is 18.0 Å². The number of aromatic nitrogens is 2. The summed E-state index contributed by atoms with van der Waals surface area (Å²) >= 11 is 3.57. The Kier molecular flexibility index (Phi) is 5.93. The molecule has 1 aromatic heterocycles. The Bertz CT molecular complexity index is 723. The number of ether oxygens (including phenoxy) is 3. The Labute approximate surface area is 155 Å². The van der Waals surface area contributed by atoms with E-state index >= 15 is 0 Å². The van der Waals surface area contributed by atoms with Crippen molar-refractivity contribution in [2.75, 3.05) is 50.7 Å². The van der Waals surface area contributed by atoms with Crippen LogP contribution in [0.2, 0.25) is 0 Å². The fourth-order valence-electron chi connectivity index (χ4n) is 2.63. The topological polar surface area (TPSA) is 68.7 Å². The van der Waals surface area contributed by atoms with Crippen molar-refractivity contribution in [1.29, 1.82) is 0 Å².